The lowest BCUT2D eigenvalue weighted by atomic mass is 10.0. The van der Waals surface area contributed by atoms with Crippen molar-refractivity contribution in [3.05, 3.63) is 78.6 Å². The number of benzene rings is 2. The van der Waals surface area contributed by atoms with Crippen LogP contribution in [-0.2, 0) is 10.0 Å². The molecule has 7 nitrogen and oxygen atoms in total. The number of aldehydes is 1. The Hall–Kier alpha value is -3.83. The van der Waals surface area contributed by atoms with Crippen LogP contribution in [0.3, 0.4) is 0 Å². The predicted octanol–water partition coefficient (Wildman–Crippen LogP) is 4.98. The molecule has 11 heteroatoms. The van der Waals surface area contributed by atoms with Gasteiger partial charge in [-0.3, -0.25) is 9.78 Å². The molecule has 4 rings (SSSR count). The molecule has 1 N–H and O–H groups in total. The molecular formula is C25H20F3N3O4S. The van der Waals surface area contributed by atoms with E-state index in [1.165, 1.54) is 4.72 Å². The third-order valence-corrected chi connectivity index (χ3v) is 6.52. The van der Waals surface area contributed by atoms with Crippen LogP contribution in [0.25, 0.3) is 33.3 Å². The Labute approximate surface area is 205 Å². The van der Waals surface area contributed by atoms with Crippen LogP contribution in [0.5, 0.6) is 5.75 Å². The van der Waals surface area contributed by atoms with E-state index in [1.807, 2.05) is 36.4 Å². The molecule has 36 heavy (non-hydrogen) atoms. The first-order valence-corrected chi connectivity index (χ1v) is 12.3. The fourth-order valence-electron chi connectivity index (χ4n) is 3.47. The minimum absolute atomic E-state index is 0.0476. The number of aromatic nitrogens is 2. The third kappa shape index (κ3) is 5.69. The second-order valence-electron chi connectivity index (χ2n) is 7.75. The van der Waals surface area contributed by atoms with Crippen LogP contribution >= 0.6 is 0 Å². The maximum Gasteiger partial charge on any atom is 0.511 e. The Morgan fingerprint density at radius 2 is 1.58 bits per heavy atom. The van der Waals surface area contributed by atoms with E-state index in [4.69, 9.17) is 4.74 Å². The van der Waals surface area contributed by atoms with Gasteiger partial charge < -0.3 is 4.74 Å². The SMILES string of the molecule is O=Cc1cc(-c2ccc(-c3ccc(OCCCNS(=O)(=O)C(F)(F)F)cc3)cc2)nc2ccncc12. The molecule has 2 aromatic carbocycles. The van der Waals surface area contributed by atoms with Gasteiger partial charge in [0.05, 0.1) is 17.8 Å². The smallest absolute Gasteiger partial charge is 0.494 e. The molecule has 2 aromatic heterocycles. The number of alkyl halides is 3. The predicted molar refractivity (Wildman–Crippen MR) is 129 cm³/mol. The van der Waals surface area contributed by atoms with E-state index in [2.05, 4.69) is 9.97 Å². The van der Waals surface area contributed by atoms with Gasteiger partial charge in [-0.15, -0.1) is 0 Å². The van der Waals surface area contributed by atoms with Gasteiger partial charge in [-0.2, -0.15) is 13.2 Å². The van der Waals surface area contributed by atoms with Crippen LogP contribution in [0.15, 0.2) is 73.1 Å². The number of halogens is 3. The number of nitrogens with zero attached hydrogens (tertiary/aromatic N) is 2. The number of carbonyl (C=O) groups excluding carboxylic acids is 1. The first-order valence-electron chi connectivity index (χ1n) is 10.8. The molecule has 0 spiro atoms. The van der Waals surface area contributed by atoms with Gasteiger partial charge in [-0.1, -0.05) is 36.4 Å². The Kier molecular flexibility index (Phi) is 7.32. The van der Waals surface area contributed by atoms with Crippen LogP contribution < -0.4 is 9.46 Å². The van der Waals surface area contributed by atoms with Gasteiger partial charge in [0.15, 0.2) is 6.29 Å². The zero-order valence-electron chi connectivity index (χ0n) is 18.7. The minimum Gasteiger partial charge on any atom is -0.494 e. The molecule has 4 aromatic rings. The lowest BCUT2D eigenvalue weighted by molar-refractivity contribution is -0.0447. The van der Waals surface area contributed by atoms with Crippen molar-refractivity contribution < 1.29 is 31.1 Å². The largest absolute Gasteiger partial charge is 0.511 e. The molecule has 2 heterocycles. The van der Waals surface area contributed by atoms with E-state index < -0.39 is 15.5 Å². The van der Waals surface area contributed by atoms with E-state index in [-0.39, 0.29) is 19.6 Å². The van der Waals surface area contributed by atoms with Gasteiger partial charge >= 0.3 is 15.5 Å². The molecule has 0 aliphatic carbocycles. The Morgan fingerprint density at radius 1 is 0.944 bits per heavy atom. The van der Waals surface area contributed by atoms with Gasteiger partial charge in [0.25, 0.3) is 0 Å². The Balaban J connectivity index is 1.37. The van der Waals surface area contributed by atoms with Crippen molar-refractivity contribution in [1.82, 2.24) is 14.7 Å². The zero-order valence-corrected chi connectivity index (χ0v) is 19.5. The van der Waals surface area contributed by atoms with E-state index in [9.17, 15) is 26.4 Å². The maximum absolute atomic E-state index is 12.3. The average molecular weight is 516 g/mol. The van der Waals surface area contributed by atoms with Gasteiger partial charge in [0, 0.05) is 35.5 Å². The molecule has 186 valence electrons. The summed E-state index contributed by atoms with van der Waals surface area (Å²) >= 11 is 0. The third-order valence-electron chi connectivity index (χ3n) is 5.32. The zero-order chi connectivity index (χ0) is 25.8. The number of carbonyl (C=O) groups is 1. The van der Waals surface area contributed by atoms with Crippen LogP contribution in [0, 0.1) is 0 Å². The van der Waals surface area contributed by atoms with Crippen molar-refractivity contribution in [3.8, 4) is 28.1 Å². The molecule has 0 saturated carbocycles. The summed E-state index contributed by atoms with van der Waals surface area (Å²) in [5.74, 6) is 0.505. The van der Waals surface area contributed by atoms with Crippen molar-refractivity contribution in [2.24, 2.45) is 0 Å². The molecule has 0 fully saturated rings. The fraction of sp³-hybridized carbons (Fsp3) is 0.160. The summed E-state index contributed by atoms with van der Waals surface area (Å²) in [4.78, 5) is 20.2. The molecule has 0 saturated heterocycles. The first-order chi connectivity index (χ1) is 17.2. The summed E-state index contributed by atoms with van der Waals surface area (Å²) in [6, 6.07) is 18.3. The quantitative estimate of drug-likeness (QED) is 0.249. The van der Waals surface area contributed by atoms with Crippen LogP contribution in [-0.4, -0.2) is 43.3 Å². The van der Waals surface area contributed by atoms with E-state index in [0.29, 0.717) is 27.9 Å². The highest BCUT2D eigenvalue weighted by Crippen LogP contribution is 2.28. The summed E-state index contributed by atoms with van der Waals surface area (Å²) in [6.45, 7) is -0.338. The lowest BCUT2D eigenvalue weighted by Gasteiger charge is -2.10. The number of rotatable bonds is 9. The molecule has 0 aliphatic heterocycles. The van der Waals surface area contributed by atoms with Crippen LogP contribution in [0.2, 0.25) is 0 Å². The molecule has 0 atom stereocenters. The number of pyridine rings is 2. The number of hydrogen-bond acceptors (Lipinski definition) is 6. The molecule has 0 unspecified atom stereocenters. The van der Waals surface area contributed by atoms with Crippen molar-refractivity contribution in [1.29, 1.82) is 0 Å². The fourth-order valence-corrected chi connectivity index (χ4v) is 4.04. The minimum atomic E-state index is -5.34. The number of sulfonamides is 1. The lowest BCUT2D eigenvalue weighted by Crippen LogP contribution is -2.37. The second-order valence-corrected chi connectivity index (χ2v) is 9.51. The monoisotopic (exact) mass is 515 g/mol. The summed E-state index contributed by atoms with van der Waals surface area (Å²) in [5, 5.41) is 0.692. The molecule has 0 amide bonds. The highest BCUT2D eigenvalue weighted by Gasteiger charge is 2.45. The molecular weight excluding hydrogens is 495 g/mol. The van der Waals surface area contributed by atoms with Gasteiger partial charge in [0.2, 0.25) is 0 Å². The molecule has 0 aliphatic rings. The summed E-state index contributed by atoms with van der Waals surface area (Å²) in [5.41, 5.74) is -0.761. The molecule has 0 bridgehead atoms. The maximum atomic E-state index is 12.3. The van der Waals surface area contributed by atoms with Gasteiger partial charge in [-0.05, 0) is 41.8 Å². The number of hydrogen-bond donors (Lipinski definition) is 1. The van der Waals surface area contributed by atoms with Crippen molar-refractivity contribution >= 4 is 27.2 Å². The Morgan fingerprint density at radius 3 is 2.22 bits per heavy atom. The summed E-state index contributed by atoms with van der Waals surface area (Å²) in [6.07, 6.45) is 4.10. The van der Waals surface area contributed by atoms with Gasteiger partial charge in [0.1, 0.15) is 5.75 Å². The second kappa shape index (κ2) is 10.4. The number of nitrogens with one attached hydrogen (secondary N) is 1. The van der Waals surface area contributed by atoms with Crippen molar-refractivity contribution in [2.75, 3.05) is 13.2 Å². The summed E-state index contributed by atoms with van der Waals surface area (Å²) < 4.78 is 65.7. The summed E-state index contributed by atoms with van der Waals surface area (Å²) in [7, 11) is -5.34. The average Bonchev–Trinajstić information content (AvgIpc) is 2.87. The van der Waals surface area contributed by atoms with Crippen molar-refractivity contribution in [3.63, 3.8) is 0 Å². The highest BCUT2D eigenvalue weighted by molar-refractivity contribution is 7.90. The Bertz CT molecular complexity index is 1470. The van der Waals surface area contributed by atoms with Crippen LogP contribution in [0.4, 0.5) is 13.2 Å². The van der Waals surface area contributed by atoms with E-state index in [0.717, 1.165) is 23.0 Å². The number of ether oxygens (including phenoxy) is 1. The standard InChI is InChI=1S/C25H20F3N3O4S/c26-25(27,28)36(33,34)30-11-1-13-35-21-8-6-18(7-9-21)17-2-4-19(5-3-17)24-14-20(16-32)22-15-29-12-10-23(22)31-24/h2-10,12,14-16,30H,1,11,13H2. The van der Waals surface area contributed by atoms with Crippen molar-refractivity contribution in [2.45, 2.75) is 11.9 Å². The van der Waals surface area contributed by atoms with Gasteiger partial charge in [-0.25, -0.2) is 18.1 Å². The number of fused-ring (bicyclic) bond motifs is 1. The highest BCUT2D eigenvalue weighted by atomic mass is 32.2. The normalized spacial score (nSPS) is 12.0. The van der Waals surface area contributed by atoms with Crippen LogP contribution in [0.1, 0.15) is 16.8 Å². The van der Waals surface area contributed by atoms with E-state index in [1.54, 1.807) is 36.7 Å². The molecule has 0 radical (unpaired) electrons. The van der Waals surface area contributed by atoms with E-state index >= 15 is 0 Å². The topological polar surface area (TPSA) is 98.2 Å². The first kappa shape index (κ1) is 25.3.